The first kappa shape index (κ1) is 30.6. The monoisotopic (exact) mass is 558 g/mol. The van der Waals surface area contributed by atoms with Gasteiger partial charge in [0, 0.05) is 26.5 Å². The second-order valence-electron chi connectivity index (χ2n) is 12.9. The van der Waals surface area contributed by atoms with E-state index in [1.165, 1.54) is 49.7 Å². The molecular formula is C33H49BN3O2Si. The van der Waals surface area contributed by atoms with Crippen LogP contribution in [0.1, 0.15) is 69.4 Å². The molecule has 2 saturated heterocycles. The molecule has 2 aromatic carbocycles. The molecule has 40 heavy (non-hydrogen) atoms. The van der Waals surface area contributed by atoms with Gasteiger partial charge in [0.2, 0.25) is 5.91 Å². The molecule has 0 unspecified atom stereocenters. The van der Waals surface area contributed by atoms with E-state index in [0.29, 0.717) is 19.0 Å². The van der Waals surface area contributed by atoms with E-state index < -0.39 is 8.07 Å². The fourth-order valence-electron chi connectivity index (χ4n) is 5.79. The van der Waals surface area contributed by atoms with Gasteiger partial charge in [-0.05, 0) is 48.6 Å². The molecule has 0 aliphatic carbocycles. The summed E-state index contributed by atoms with van der Waals surface area (Å²) in [4.78, 5) is 12.2. The Morgan fingerprint density at radius 2 is 1.68 bits per heavy atom. The van der Waals surface area contributed by atoms with E-state index in [1.807, 2.05) is 17.7 Å². The highest BCUT2D eigenvalue weighted by Gasteiger charge is 2.26. The molecular weight excluding hydrogens is 509 g/mol. The molecule has 0 spiro atoms. The van der Waals surface area contributed by atoms with Crippen LogP contribution in [0.25, 0.3) is 10.9 Å². The van der Waals surface area contributed by atoms with E-state index in [0.717, 1.165) is 54.5 Å². The molecule has 2 fully saturated rings. The zero-order chi connectivity index (χ0) is 28.4. The van der Waals surface area contributed by atoms with Crippen LogP contribution in [-0.4, -0.2) is 37.6 Å². The Hall–Kier alpha value is -2.38. The molecule has 2 aliphatic heterocycles. The summed E-state index contributed by atoms with van der Waals surface area (Å²) in [6.45, 7) is 10.2. The molecule has 215 valence electrons. The first-order chi connectivity index (χ1) is 19.3. The first-order valence-electron chi connectivity index (χ1n) is 15.6. The molecule has 1 aromatic heterocycles. The lowest BCUT2D eigenvalue weighted by Crippen LogP contribution is -2.22. The van der Waals surface area contributed by atoms with Crippen molar-refractivity contribution in [2.45, 2.75) is 115 Å². The molecule has 2 aliphatic rings. The molecule has 1 N–H and O–H groups in total. The fourth-order valence-corrected chi connectivity index (χ4v) is 6.55. The number of aromatic nitrogens is 2. The predicted octanol–water partition coefficient (Wildman–Crippen LogP) is 8.51. The van der Waals surface area contributed by atoms with Gasteiger partial charge in [-0.3, -0.25) is 4.79 Å². The molecule has 3 heterocycles. The summed E-state index contributed by atoms with van der Waals surface area (Å²) in [7, 11) is 1.48. The lowest BCUT2D eigenvalue weighted by atomic mass is 9.44. The number of hydrogen-bond donors (Lipinski definition) is 1. The maximum absolute atomic E-state index is 12.2. The van der Waals surface area contributed by atoms with Crippen LogP contribution in [0.3, 0.4) is 0 Å². The highest BCUT2D eigenvalue weighted by Crippen LogP contribution is 2.40. The normalized spacial score (nSPS) is 18.5. The number of rotatable bonds is 11. The highest BCUT2D eigenvalue weighted by atomic mass is 28.3. The summed E-state index contributed by atoms with van der Waals surface area (Å²) >= 11 is 0. The Balaban J connectivity index is 0.000000343. The number of nitrogens with zero attached hydrogens (tertiary/aromatic N) is 2. The average Bonchev–Trinajstić information content (AvgIpc) is 3.27. The Kier molecular flexibility index (Phi) is 11.5. The number of aryl methyl sites for hydroxylation is 2. The summed E-state index contributed by atoms with van der Waals surface area (Å²) in [5, 5.41) is 8.61. The maximum Gasteiger partial charge on any atom is 0.225 e. The molecule has 3 aromatic rings. The smallest absolute Gasteiger partial charge is 0.225 e. The largest absolute Gasteiger partial charge is 0.360 e. The number of carbonyl (C=O) groups excluding carboxylic acids is 1. The Labute approximate surface area is 243 Å². The molecule has 1 radical (unpaired) electrons. The predicted molar refractivity (Wildman–Crippen MR) is 172 cm³/mol. The van der Waals surface area contributed by atoms with Crippen molar-refractivity contribution in [2.75, 3.05) is 11.9 Å². The second kappa shape index (κ2) is 15.0. The van der Waals surface area contributed by atoms with E-state index >= 15 is 0 Å². The van der Waals surface area contributed by atoms with Crippen molar-refractivity contribution in [1.82, 2.24) is 9.78 Å². The third kappa shape index (κ3) is 9.62. The molecule has 0 saturated carbocycles. The molecule has 2 bridgehead atoms. The lowest BCUT2D eigenvalue weighted by Gasteiger charge is -2.33. The fraction of sp³-hybridized carbons (Fsp3) is 0.576. The number of carbonyl (C=O) groups is 1. The minimum atomic E-state index is -1.14. The van der Waals surface area contributed by atoms with E-state index in [4.69, 9.17) is 4.74 Å². The average molecular weight is 559 g/mol. The van der Waals surface area contributed by atoms with E-state index in [2.05, 4.69) is 79.8 Å². The standard InChI is InChI=1S/C25H35N3O2Si.C8H14B/c1-5-9-24(29)26-25-22-15-14-21(13-12-20-10-7-6-8-11-20)18-23(22)28(27-25)19-30-16-17-31(2,3)4;1-3-7-5-2-6-8(4-1)9-7/h6-8,10-11,14-15,18H,5,9,12-13,16-17,19H2,1-4H3,(H,26,27,29);7-8H,1-6H2. The van der Waals surface area contributed by atoms with Gasteiger partial charge in [-0.15, -0.1) is 0 Å². The number of nitrogens with one attached hydrogen (secondary N) is 1. The summed E-state index contributed by atoms with van der Waals surface area (Å²) in [6.07, 6.45) is 12.3. The number of fused-ring (bicyclic) bond motifs is 3. The van der Waals surface area contributed by atoms with Gasteiger partial charge in [-0.1, -0.05) is 113 Å². The van der Waals surface area contributed by atoms with Crippen molar-refractivity contribution in [3.8, 4) is 0 Å². The van der Waals surface area contributed by atoms with Crippen molar-refractivity contribution in [2.24, 2.45) is 0 Å². The third-order valence-electron chi connectivity index (χ3n) is 8.15. The number of anilines is 1. The van der Waals surface area contributed by atoms with Crippen LogP contribution in [0.4, 0.5) is 5.82 Å². The summed E-state index contributed by atoms with van der Waals surface area (Å²) in [5.74, 6) is 2.67. The Morgan fingerprint density at radius 1 is 1.00 bits per heavy atom. The zero-order valence-corrected chi connectivity index (χ0v) is 26.3. The van der Waals surface area contributed by atoms with Crippen LogP contribution in [0.5, 0.6) is 0 Å². The van der Waals surface area contributed by atoms with Crippen molar-refractivity contribution in [3.05, 3.63) is 59.7 Å². The topological polar surface area (TPSA) is 56.2 Å². The van der Waals surface area contributed by atoms with Gasteiger partial charge < -0.3 is 10.1 Å². The van der Waals surface area contributed by atoms with Crippen molar-refractivity contribution in [3.63, 3.8) is 0 Å². The third-order valence-corrected chi connectivity index (χ3v) is 9.85. The highest BCUT2D eigenvalue weighted by molar-refractivity contribution is 6.76. The van der Waals surface area contributed by atoms with Crippen molar-refractivity contribution >= 4 is 38.0 Å². The molecule has 5 rings (SSSR count). The molecule has 5 nitrogen and oxygen atoms in total. The quantitative estimate of drug-likeness (QED) is 0.190. The summed E-state index contributed by atoms with van der Waals surface area (Å²) < 4.78 is 7.84. The lowest BCUT2D eigenvalue weighted by molar-refractivity contribution is -0.116. The molecule has 0 atom stereocenters. The second-order valence-corrected chi connectivity index (χ2v) is 18.5. The molecule has 1 amide bonds. The maximum atomic E-state index is 12.2. The van der Waals surface area contributed by atoms with Crippen molar-refractivity contribution < 1.29 is 9.53 Å². The van der Waals surface area contributed by atoms with E-state index in [9.17, 15) is 4.79 Å². The van der Waals surface area contributed by atoms with Crippen LogP contribution < -0.4 is 5.32 Å². The van der Waals surface area contributed by atoms with Crippen LogP contribution in [0.2, 0.25) is 37.3 Å². The summed E-state index contributed by atoms with van der Waals surface area (Å²) in [6, 6.07) is 18.0. The van der Waals surface area contributed by atoms with E-state index in [-0.39, 0.29) is 5.91 Å². The van der Waals surface area contributed by atoms with Gasteiger partial charge in [0.05, 0.1) is 5.52 Å². The van der Waals surface area contributed by atoms with Gasteiger partial charge >= 0.3 is 0 Å². The van der Waals surface area contributed by atoms with Crippen LogP contribution in [0.15, 0.2) is 48.5 Å². The zero-order valence-electron chi connectivity index (χ0n) is 25.3. The Morgan fingerprint density at radius 3 is 2.30 bits per heavy atom. The number of ether oxygens (including phenoxy) is 1. The SMILES string of the molecule is CCCC(=O)Nc1nn(COCC[Si](C)(C)C)c2cc(CCc3ccccc3)ccc12.[B]1C2CCCC1CCC2. The first-order valence-corrected chi connectivity index (χ1v) is 19.3. The van der Waals surface area contributed by atoms with Gasteiger partial charge in [0.15, 0.2) is 5.82 Å². The van der Waals surface area contributed by atoms with E-state index in [1.54, 1.807) is 0 Å². The van der Waals surface area contributed by atoms with Crippen LogP contribution in [-0.2, 0) is 29.1 Å². The Bertz CT molecular complexity index is 1190. The van der Waals surface area contributed by atoms with Crippen LogP contribution >= 0.6 is 0 Å². The number of hydrogen-bond acceptors (Lipinski definition) is 3. The van der Waals surface area contributed by atoms with Crippen LogP contribution in [0, 0.1) is 0 Å². The summed E-state index contributed by atoms with van der Waals surface area (Å²) in [5.41, 5.74) is 3.59. The number of amides is 1. The minimum absolute atomic E-state index is 0.00172. The van der Waals surface area contributed by atoms with Crippen molar-refractivity contribution in [1.29, 1.82) is 0 Å². The van der Waals surface area contributed by atoms with Gasteiger partial charge in [-0.2, -0.15) is 5.10 Å². The van der Waals surface area contributed by atoms with Gasteiger partial charge in [0.25, 0.3) is 0 Å². The minimum Gasteiger partial charge on any atom is -0.360 e. The number of benzene rings is 2. The van der Waals surface area contributed by atoms with Gasteiger partial charge in [-0.25, -0.2) is 4.68 Å². The molecule has 7 heteroatoms. The van der Waals surface area contributed by atoms with Gasteiger partial charge in [0.1, 0.15) is 14.0 Å².